The van der Waals surface area contributed by atoms with Gasteiger partial charge in [0, 0.05) is 5.57 Å². The minimum atomic E-state index is -0.311. The first-order valence-electron chi connectivity index (χ1n) is 7.88. The topological polar surface area (TPSA) is 26.3 Å². The lowest BCUT2D eigenvalue weighted by Crippen LogP contribution is -2.06. The highest BCUT2D eigenvalue weighted by atomic mass is 16.5. The molecule has 0 saturated carbocycles. The lowest BCUT2D eigenvalue weighted by molar-refractivity contribution is -0.139. The van der Waals surface area contributed by atoms with E-state index >= 15 is 0 Å². The van der Waals surface area contributed by atoms with E-state index in [9.17, 15) is 4.79 Å². The first-order chi connectivity index (χ1) is 11.1. The predicted molar refractivity (Wildman–Crippen MR) is 95.5 cm³/mol. The fraction of sp³-hybridized carbons (Fsp3) is 0.190. The summed E-state index contributed by atoms with van der Waals surface area (Å²) in [5.74, 6) is -0.311. The zero-order valence-electron chi connectivity index (χ0n) is 13.3. The Morgan fingerprint density at radius 2 is 1.70 bits per heavy atom. The van der Waals surface area contributed by atoms with Gasteiger partial charge in [-0.2, -0.15) is 0 Å². The lowest BCUT2D eigenvalue weighted by atomic mass is 9.97. The molecule has 0 aliphatic heterocycles. The lowest BCUT2D eigenvalue weighted by Gasteiger charge is -2.09. The van der Waals surface area contributed by atoms with Crippen molar-refractivity contribution in [3.05, 3.63) is 72.3 Å². The van der Waals surface area contributed by atoms with Crippen LogP contribution in [0.25, 0.3) is 21.5 Å². The second-order valence-electron chi connectivity index (χ2n) is 5.86. The molecule has 0 N–H and O–H groups in total. The summed E-state index contributed by atoms with van der Waals surface area (Å²) >= 11 is 0. The maximum atomic E-state index is 11.4. The average molecular weight is 304 g/mol. The number of fused-ring (bicyclic) bond motifs is 2. The van der Waals surface area contributed by atoms with Crippen molar-refractivity contribution in [2.45, 2.75) is 19.8 Å². The zero-order valence-corrected chi connectivity index (χ0v) is 13.3. The minimum absolute atomic E-state index is 0.311. The van der Waals surface area contributed by atoms with Crippen LogP contribution in [0.2, 0.25) is 0 Å². The van der Waals surface area contributed by atoms with E-state index in [1.54, 1.807) is 6.92 Å². The Morgan fingerprint density at radius 1 is 1.00 bits per heavy atom. The normalized spacial score (nSPS) is 10.8. The van der Waals surface area contributed by atoms with Crippen LogP contribution in [0.5, 0.6) is 0 Å². The largest absolute Gasteiger partial charge is 0.462 e. The molecule has 0 unspecified atom stereocenters. The summed E-state index contributed by atoms with van der Waals surface area (Å²) in [6, 6.07) is 19.3. The van der Waals surface area contributed by atoms with Crippen LogP contribution in [-0.4, -0.2) is 12.6 Å². The summed E-state index contributed by atoms with van der Waals surface area (Å²) in [7, 11) is 0. The van der Waals surface area contributed by atoms with Crippen molar-refractivity contribution < 1.29 is 9.53 Å². The van der Waals surface area contributed by atoms with Gasteiger partial charge < -0.3 is 4.74 Å². The number of carbonyl (C=O) groups excluding carboxylic acids is 1. The Kier molecular flexibility index (Phi) is 4.42. The SMILES string of the molecule is C=C(C)C(=O)OCCCc1cccc2cc3ccccc3cc12. The Balaban J connectivity index is 1.79. The van der Waals surface area contributed by atoms with Gasteiger partial charge in [0.25, 0.3) is 0 Å². The standard InChI is InChI=1S/C21H20O2/c1-15(2)21(22)23-12-6-11-16-9-5-10-19-13-17-7-3-4-8-18(17)14-20(16)19/h3-5,7-10,13-14H,1,6,11-12H2,2H3. The Hall–Kier alpha value is -2.61. The van der Waals surface area contributed by atoms with Crippen LogP contribution < -0.4 is 0 Å². The molecule has 0 atom stereocenters. The Bertz CT molecular complexity index is 877. The zero-order chi connectivity index (χ0) is 16.2. The molecule has 3 aromatic rings. The Morgan fingerprint density at radius 3 is 2.43 bits per heavy atom. The number of benzene rings is 3. The summed E-state index contributed by atoms with van der Waals surface area (Å²) in [5.41, 5.74) is 1.74. The van der Waals surface area contributed by atoms with E-state index in [-0.39, 0.29) is 5.97 Å². The van der Waals surface area contributed by atoms with Crippen LogP contribution in [0.4, 0.5) is 0 Å². The molecule has 2 heteroatoms. The van der Waals surface area contributed by atoms with Gasteiger partial charge in [0.05, 0.1) is 6.61 Å². The van der Waals surface area contributed by atoms with Gasteiger partial charge in [0.1, 0.15) is 0 Å². The molecule has 23 heavy (non-hydrogen) atoms. The molecule has 3 rings (SSSR count). The van der Waals surface area contributed by atoms with Gasteiger partial charge in [0.2, 0.25) is 0 Å². The molecule has 0 amide bonds. The molecule has 0 spiro atoms. The van der Waals surface area contributed by atoms with E-state index in [1.165, 1.54) is 27.1 Å². The fourth-order valence-electron chi connectivity index (χ4n) is 2.80. The van der Waals surface area contributed by atoms with E-state index in [0.29, 0.717) is 12.2 Å². The summed E-state index contributed by atoms with van der Waals surface area (Å²) in [4.78, 5) is 11.4. The molecular weight excluding hydrogens is 284 g/mol. The van der Waals surface area contributed by atoms with E-state index in [1.807, 2.05) is 0 Å². The summed E-state index contributed by atoms with van der Waals surface area (Å²) in [5, 5.41) is 5.03. The number of rotatable bonds is 5. The third-order valence-corrected chi connectivity index (χ3v) is 4.01. The molecule has 0 aliphatic rings. The van der Waals surface area contributed by atoms with Gasteiger partial charge >= 0.3 is 5.97 Å². The second-order valence-corrected chi connectivity index (χ2v) is 5.86. The van der Waals surface area contributed by atoms with Crippen LogP contribution >= 0.6 is 0 Å². The molecule has 2 nitrogen and oxygen atoms in total. The van der Waals surface area contributed by atoms with Crippen LogP contribution in [-0.2, 0) is 16.0 Å². The fourth-order valence-corrected chi connectivity index (χ4v) is 2.80. The highest BCUT2D eigenvalue weighted by Gasteiger charge is 2.05. The molecule has 116 valence electrons. The van der Waals surface area contributed by atoms with Crippen LogP contribution in [0.3, 0.4) is 0 Å². The first-order valence-corrected chi connectivity index (χ1v) is 7.88. The van der Waals surface area contributed by atoms with Crippen LogP contribution in [0, 0.1) is 0 Å². The first kappa shape index (κ1) is 15.3. The molecule has 3 aromatic carbocycles. The number of hydrogen-bond acceptors (Lipinski definition) is 2. The molecule has 0 bridgehead atoms. The van der Waals surface area contributed by atoms with Crippen molar-refractivity contribution in [1.29, 1.82) is 0 Å². The highest BCUT2D eigenvalue weighted by molar-refractivity contribution is 5.99. The van der Waals surface area contributed by atoms with Crippen LogP contribution in [0.15, 0.2) is 66.7 Å². The summed E-state index contributed by atoms with van der Waals surface area (Å²) in [6.07, 6.45) is 1.70. The average Bonchev–Trinajstić information content (AvgIpc) is 2.56. The third-order valence-electron chi connectivity index (χ3n) is 4.01. The number of aryl methyl sites for hydroxylation is 1. The maximum Gasteiger partial charge on any atom is 0.333 e. The molecule has 0 aliphatic carbocycles. The van der Waals surface area contributed by atoms with Gasteiger partial charge in [-0.3, -0.25) is 0 Å². The van der Waals surface area contributed by atoms with E-state index in [4.69, 9.17) is 4.74 Å². The summed E-state index contributed by atoms with van der Waals surface area (Å²) in [6.45, 7) is 5.68. The number of hydrogen-bond donors (Lipinski definition) is 0. The van der Waals surface area contributed by atoms with Crippen molar-refractivity contribution in [3.63, 3.8) is 0 Å². The predicted octanol–water partition coefficient (Wildman–Crippen LogP) is 5.04. The number of carbonyl (C=O) groups is 1. The van der Waals surface area contributed by atoms with Gasteiger partial charge in [-0.05, 0) is 59.0 Å². The van der Waals surface area contributed by atoms with Gasteiger partial charge in [-0.15, -0.1) is 0 Å². The monoisotopic (exact) mass is 304 g/mol. The molecule has 0 heterocycles. The van der Waals surface area contributed by atoms with E-state index < -0.39 is 0 Å². The van der Waals surface area contributed by atoms with E-state index in [2.05, 4.69) is 61.2 Å². The van der Waals surface area contributed by atoms with Crippen molar-refractivity contribution in [3.8, 4) is 0 Å². The smallest absolute Gasteiger partial charge is 0.333 e. The number of esters is 1. The van der Waals surface area contributed by atoms with E-state index in [0.717, 1.165) is 12.8 Å². The third kappa shape index (κ3) is 3.42. The molecular formula is C21H20O2. The minimum Gasteiger partial charge on any atom is -0.462 e. The molecule has 0 fully saturated rings. The maximum absolute atomic E-state index is 11.4. The van der Waals surface area contributed by atoms with Crippen molar-refractivity contribution in [2.24, 2.45) is 0 Å². The van der Waals surface area contributed by atoms with Gasteiger partial charge in [-0.25, -0.2) is 4.79 Å². The molecule has 0 aromatic heterocycles. The number of ether oxygens (including phenoxy) is 1. The van der Waals surface area contributed by atoms with Gasteiger partial charge in [0.15, 0.2) is 0 Å². The summed E-state index contributed by atoms with van der Waals surface area (Å²) < 4.78 is 5.17. The van der Waals surface area contributed by atoms with Crippen molar-refractivity contribution in [2.75, 3.05) is 6.61 Å². The highest BCUT2D eigenvalue weighted by Crippen LogP contribution is 2.26. The van der Waals surface area contributed by atoms with Crippen LogP contribution in [0.1, 0.15) is 18.9 Å². The second kappa shape index (κ2) is 6.66. The molecule has 0 radical (unpaired) electrons. The quantitative estimate of drug-likeness (QED) is 0.285. The molecule has 0 saturated heterocycles. The van der Waals surface area contributed by atoms with Crippen molar-refractivity contribution >= 4 is 27.5 Å². The van der Waals surface area contributed by atoms with Crippen molar-refractivity contribution in [1.82, 2.24) is 0 Å². The van der Waals surface area contributed by atoms with Gasteiger partial charge in [-0.1, -0.05) is 49.0 Å². The Labute approximate surface area is 136 Å².